The Kier molecular flexibility index (Phi) is 4.27. The number of phenolic OH excluding ortho intramolecular Hbond substituents is 1. The summed E-state index contributed by atoms with van der Waals surface area (Å²) < 4.78 is 4.95. The van der Waals surface area contributed by atoms with Crippen LogP contribution < -0.4 is 15.8 Å². The Bertz CT molecular complexity index is 462. The van der Waals surface area contributed by atoms with Gasteiger partial charge in [-0.05, 0) is 43.5 Å². The summed E-state index contributed by atoms with van der Waals surface area (Å²) in [6.07, 6.45) is 3.13. The van der Waals surface area contributed by atoms with Crippen molar-refractivity contribution in [1.29, 1.82) is 0 Å². The Hall–Kier alpha value is -1.75. The van der Waals surface area contributed by atoms with Gasteiger partial charge in [-0.15, -0.1) is 0 Å². The van der Waals surface area contributed by atoms with Crippen LogP contribution in [0.2, 0.25) is 0 Å². The first-order valence-electron chi connectivity index (χ1n) is 6.53. The fraction of sp³-hybridized carbons (Fsp3) is 0.500. The highest BCUT2D eigenvalue weighted by atomic mass is 16.5. The normalized spacial score (nSPS) is 22.2. The standard InChI is InChI=1S/C14H20N2O3/c1-19-13-6-5-9(7-12(13)17)14(18)16-11-4-2-3-10(11)8-15/h5-7,10-11,17H,2-4,8,15H2,1H3,(H,16,18). The molecule has 0 radical (unpaired) electrons. The van der Waals surface area contributed by atoms with E-state index in [2.05, 4.69) is 5.32 Å². The lowest BCUT2D eigenvalue weighted by Crippen LogP contribution is -2.39. The number of phenols is 1. The molecule has 2 rings (SSSR count). The summed E-state index contributed by atoms with van der Waals surface area (Å²) in [6, 6.07) is 4.78. The van der Waals surface area contributed by atoms with Gasteiger partial charge in [0.25, 0.3) is 5.91 Å². The highest BCUT2D eigenvalue weighted by molar-refractivity contribution is 5.95. The zero-order valence-corrected chi connectivity index (χ0v) is 11.1. The number of hydrogen-bond acceptors (Lipinski definition) is 4. The summed E-state index contributed by atoms with van der Waals surface area (Å²) in [7, 11) is 1.47. The van der Waals surface area contributed by atoms with Crippen molar-refractivity contribution in [3.63, 3.8) is 0 Å². The second-order valence-corrected chi connectivity index (χ2v) is 4.89. The molecule has 0 aliphatic heterocycles. The first-order chi connectivity index (χ1) is 9.15. The number of carbonyl (C=O) groups is 1. The number of methoxy groups -OCH3 is 1. The lowest BCUT2D eigenvalue weighted by molar-refractivity contribution is 0.0928. The van der Waals surface area contributed by atoms with Crippen molar-refractivity contribution in [3.05, 3.63) is 23.8 Å². The quantitative estimate of drug-likeness (QED) is 0.764. The first-order valence-corrected chi connectivity index (χ1v) is 6.53. The minimum Gasteiger partial charge on any atom is -0.504 e. The third-order valence-electron chi connectivity index (χ3n) is 3.72. The highest BCUT2D eigenvalue weighted by Crippen LogP contribution is 2.27. The number of nitrogens with one attached hydrogen (secondary N) is 1. The summed E-state index contributed by atoms with van der Waals surface area (Å²) in [4.78, 5) is 12.1. The predicted octanol–water partition coefficient (Wildman–Crippen LogP) is 1.26. The molecule has 1 saturated carbocycles. The van der Waals surface area contributed by atoms with Gasteiger partial charge in [0, 0.05) is 11.6 Å². The molecule has 104 valence electrons. The largest absolute Gasteiger partial charge is 0.504 e. The van der Waals surface area contributed by atoms with Gasteiger partial charge in [-0.3, -0.25) is 4.79 Å². The van der Waals surface area contributed by atoms with Gasteiger partial charge in [-0.25, -0.2) is 0 Å². The minimum atomic E-state index is -0.177. The molecular formula is C14H20N2O3. The van der Waals surface area contributed by atoms with Crippen molar-refractivity contribution >= 4 is 5.91 Å². The summed E-state index contributed by atoms with van der Waals surface area (Å²) in [5.74, 6) is 0.508. The monoisotopic (exact) mass is 264 g/mol. The van der Waals surface area contributed by atoms with E-state index in [0.29, 0.717) is 23.8 Å². The van der Waals surface area contributed by atoms with E-state index < -0.39 is 0 Å². The zero-order chi connectivity index (χ0) is 13.8. The molecule has 1 aliphatic rings. The van der Waals surface area contributed by atoms with Crippen molar-refractivity contribution in [2.45, 2.75) is 25.3 Å². The van der Waals surface area contributed by atoms with Crippen LogP contribution in [-0.4, -0.2) is 30.7 Å². The van der Waals surface area contributed by atoms with Gasteiger partial charge in [0.1, 0.15) is 0 Å². The van der Waals surface area contributed by atoms with Crippen molar-refractivity contribution < 1.29 is 14.6 Å². The van der Waals surface area contributed by atoms with E-state index in [-0.39, 0.29) is 17.7 Å². The molecular weight excluding hydrogens is 244 g/mol. The molecule has 1 aliphatic carbocycles. The number of benzene rings is 1. The van der Waals surface area contributed by atoms with Crippen LogP contribution in [-0.2, 0) is 0 Å². The summed E-state index contributed by atoms with van der Waals surface area (Å²) in [6.45, 7) is 0.596. The summed E-state index contributed by atoms with van der Waals surface area (Å²) in [5, 5.41) is 12.7. The topological polar surface area (TPSA) is 84.6 Å². The van der Waals surface area contributed by atoms with E-state index in [1.54, 1.807) is 12.1 Å². The molecule has 0 saturated heterocycles. The lowest BCUT2D eigenvalue weighted by Gasteiger charge is -2.19. The van der Waals surface area contributed by atoms with Crippen LogP contribution in [0.3, 0.4) is 0 Å². The predicted molar refractivity (Wildman–Crippen MR) is 72.3 cm³/mol. The van der Waals surface area contributed by atoms with Crippen LogP contribution in [0.15, 0.2) is 18.2 Å². The molecule has 5 heteroatoms. The van der Waals surface area contributed by atoms with E-state index in [4.69, 9.17) is 10.5 Å². The van der Waals surface area contributed by atoms with E-state index in [1.165, 1.54) is 13.2 Å². The molecule has 4 N–H and O–H groups in total. The first kappa shape index (κ1) is 13.7. The van der Waals surface area contributed by atoms with E-state index in [1.807, 2.05) is 0 Å². The molecule has 2 unspecified atom stereocenters. The maximum absolute atomic E-state index is 12.1. The number of rotatable bonds is 4. The smallest absolute Gasteiger partial charge is 0.251 e. The second-order valence-electron chi connectivity index (χ2n) is 4.89. The molecule has 5 nitrogen and oxygen atoms in total. The van der Waals surface area contributed by atoms with E-state index in [0.717, 1.165) is 19.3 Å². The van der Waals surface area contributed by atoms with Crippen LogP contribution in [0.25, 0.3) is 0 Å². The van der Waals surface area contributed by atoms with Crippen LogP contribution >= 0.6 is 0 Å². The third-order valence-corrected chi connectivity index (χ3v) is 3.72. The van der Waals surface area contributed by atoms with E-state index in [9.17, 15) is 9.90 Å². The number of nitrogens with two attached hydrogens (primary N) is 1. The van der Waals surface area contributed by atoms with Crippen LogP contribution in [0, 0.1) is 5.92 Å². The molecule has 0 bridgehead atoms. The number of ether oxygens (including phenoxy) is 1. The van der Waals surface area contributed by atoms with Crippen molar-refractivity contribution in [2.75, 3.05) is 13.7 Å². The number of aromatic hydroxyl groups is 1. The molecule has 0 spiro atoms. The van der Waals surface area contributed by atoms with Gasteiger partial charge in [-0.2, -0.15) is 0 Å². The van der Waals surface area contributed by atoms with Gasteiger partial charge in [0.05, 0.1) is 7.11 Å². The van der Waals surface area contributed by atoms with Crippen molar-refractivity contribution in [2.24, 2.45) is 11.7 Å². The Balaban J connectivity index is 2.05. The van der Waals surface area contributed by atoms with Crippen LogP contribution in [0.1, 0.15) is 29.6 Å². The molecule has 1 amide bonds. The molecule has 1 aromatic rings. The van der Waals surface area contributed by atoms with Gasteiger partial charge in [0.15, 0.2) is 11.5 Å². The Morgan fingerprint density at radius 2 is 2.32 bits per heavy atom. The molecule has 1 fully saturated rings. The van der Waals surface area contributed by atoms with Gasteiger partial charge >= 0.3 is 0 Å². The van der Waals surface area contributed by atoms with E-state index >= 15 is 0 Å². The van der Waals surface area contributed by atoms with Crippen molar-refractivity contribution in [3.8, 4) is 11.5 Å². The highest BCUT2D eigenvalue weighted by Gasteiger charge is 2.27. The fourth-order valence-corrected chi connectivity index (χ4v) is 2.59. The molecule has 0 heterocycles. The summed E-state index contributed by atoms with van der Waals surface area (Å²) >= 11 is 0. The minimum absolute atomic E-state index is 0.0306. The number of carbonyl (C=O) groups excluding carboxylic acids is 1. The molecule has 19 heavy (non-hydrogen) atoms. The summed E-state index contributed by atoms with van der Waals surface area (Å²) in [5.41, 5.74) is 6.12. The number of hydrogen-bond donors (Lipinski definition) is 3. The van der Waals surface area contributed by atoms with Gasteiger partial charge in [-0.1, -0.05) is 6.42 Å². The molecule has 1 aromatic carbocycles. The Morgan fingerprint density at radius 1 is 1.53 bits per heavy atom. The Labute approximate surface area is 112 Å². The maximum atomic E-state index is 12.1. The fourth-order valence-electron chi connectivity index (χ4n) is 2.59. The second kappa shape index (κ2) is 5.93. The average molecular weight is 264 g/mol. The van der Waals surface area contributed by atoms with Crippen molar-refractivity contribution in [1.82, 2.24) is 5.32 Å². The average Bonchev–Trinajstić information content (AvgIpc) is 2.85. The van der Waals surface area contributed by atoms with Gasteiger partial charge < -0.3 is 20.9 Å². The lowest BCUT2D eigenvalue weighted by atomic mass is 10.0. The third kappa shape index (κ3) is 2.98. The number of amides is 1. The van der Waals surface area contributed by atoms with Crippen LogP contribution in [0.4, 0.5) is 0 Å². The zero-order valence-electron chi connectivity index (χ0n) is 11.1. The van der Waals surface area contributed by atoms with Gasteiger partial charge in [0.2, 0.25) is 0 Å². The van der Waals surface area contributed by atoms with Crippen LogP contribution in [0.5, 0.6) is 11.5 Å². The molecule has 0 aromatic heterocycles. The maximum Gasteiger partial charge on any atom is 0.251 e. The SMILES string of the molecule is COc1ccc(C(=O)NC2CCCC2CN)cc1O. The molecule has 2 atom stereocenters. The Morgan fingerprint density at radius 3 is 2.95 bits per heavy atom.